The molecule has 1 aliphatic carbocycles. The van der Waals surface area contributed by atoms with Crippen molar-refractivity contribution in [3.63, 3.8) is 0 Å². The first-order chi connectivity index (χ1) is 12.2. The summed E-state index contributed by atoms with van der Waals surface area (Å²) >= 11 is 0. The molecule has 0 aromatic heterocycles. The lowest BCUT2D eigenvalue weighted by Crippen LogP contribution is -2.29. The quantitative estimate of drug-likeness (QED) is 0.574. The van der Waals surface area contributed by atoms with Crippen LogP contribution in [0.2, 0.25) is 0 Å². The lowest BCUT2D eigenvalue weighted by atomic mass is 10.0. The van der Waals surface area contributed by atoms with Crippen molar-refractivity contribution in [2.24, 2.45) is 10.9 Å². The summed E-state index contributed by atoms with van der Waals surface area (Å²) in [5.41, 5.74) is 1.95. The second kappa shape index (κ2) is 7.62. The molecule has 0 bridgehead atoms. The van der Waals surface area contributed by atoms with E-state index in [1.807, 2.05) is 67.6 Å². The van der Waals surface area contributed by atoms with Gasteiger partial charge in [0.05, 0.1) is 18.9 Å². The molecular formula is C21H23NO3. The third-order valence-corrected chi connectivity index (χ3v) is 4.48. The number of methoxy groups -OCH3 is 1. The van der Waals surface area contributed by atoms with Crippen molar-refractivity contribution in [1.29, 1.82) is 0 Å². The molecule has 2 atom stereocenters. The Bertz CT molecular complexity index is 701. The molecule has 0 unspecified atom stereocenters. The normalized spacial score (nSPS) is 21.4. The minimum absolute atomic E-state index is 0.0546. The number of nitrogens with zero attached hydrogens (tertiary/aromatic N) is 1. The van der Waals surface area contributed by atoms with Gasteiger partial charge < -0.3 is 9.47 Å². The fourth-order valence-electron chi connectivity index (χ4n) is 3.09. The Hall–Kier alpha value is -2.46. The fraction of sp³-hybridized carbons (Fsp3) is 0.333. The molecule has 1 aliphatic rings. The molecule has 2 aromatic rings. The van der Waals surface area contributed by atoms with Crippen LogP contribution in [0.3, 0.4) is 0 Å². The molecule has 0 radical (unpaired) electrons. The van der Waals surface area contributed by atoms with Gasteiger partial charge in [-0.2, -0.15) is 0 Å². The van der Waals surface area contributed by atoms with Crippen LogP contribution in [-0.4, -0.2) is 37.5 Å². The highest BCUT2D eigenvalue weighted by Crippen LogP contribution is 2.49. The van der Waals surface area contributed by atoms with E-state index in [-0.39, 0.29) is 11.9 Å². The number of hydrogen-bond acceptors (Lipinski definition) is 4. The van der Waals surface area contributed by atoms with Crippen LogP contribution in [-0.2, 0) is 14.3 Å². The minimum atomic E-state index is -0.840. The Morgan fingerprint density at radius 1 is 1.08 bits per heavy atom. The van der Waals surface area contributed by atoms with E-state index in [1.165, 1.54) is 0 Å². The van der Waals surface area contributed by atoms with Crippen LogP contribution in [0.25, 0.3) is 0 Å². The number of esters is 1. The van der Waals surface area contributed by atoms with Gasteiger partial charge in [0.2, 0.25) is 0 Å². The number of carbonyl (C=O) groups is 1. The van der Waals surface area contributed by atoms with Gasteiger partial charge in [-0.25, -0.2) is 4.79 Å². The van der Waals surface area contributed by atoms with E-state index in [0.29, 0.717) is 19.6 Å². The van der Waals surface area contributed by atoms with E-state index >= 15 is 0 Å². The summed E-state index contributed by atoms with van der Waals surface area (Å²) in [5.74, 6) is -0.208. The number of benzene rings is 2. The van der Waals surface area contributed by atoms with E-state index < -0.39 is 5.54 Å². The second-order valence-corrected chi connectivity index (χ2v) is 6.19. The molecule has 0 saturated heterocycles. The molecule has 4 nitrogen and oxygen atoms in total. The number of ether oxygens (including phenoxy) is 2. The van der Waals surface area contributed by atoms with Gasteiger partial charge in [0, 0.05) is 24.2 Å². The third kappa shape index (κ3) is 3.64. The summed E-state index contributed by atoms with van der Waals surface area (Å²) in [6.45, 7) is 2.67. The van der Waals surface area contributed by atoms with Gasteiger partial charge in [-0.05, 0) is 13.3 Å². The first kappa shape index (κ1) is 17.4. The monoisotopic (exact) mass is 337 g/mol. The summed E-state index contributed by atoms with van der Waals surface area (Å²) in [7, 11) is 1.65. The molecule has 1 saturated carbocycles. The summed E-state index contributed by atoms with van der Waals surface area (Å²) in [6, 6.07) is 19.9. The van der Waals surface area contributed by atoms with Gasteiger partial charge in [-0.1, -0.05) is 60.7 Å². The molecule has 3 rings (SSSR count). The molecule has 4 heteroatoms. The van der Waals surface area contributed by atoms with Gasteiger partial charge in [0.25, 0.3) is 0 Å². The number of aliphatic imine (C=N–C) groups is 1. The molecule has 0 amide bonds. The van der Waals surface area contributed by atoms with Crippen molar-refractivity contribution >= 4 is 11.7 Å². The van der Waals surface area contributed by atoms with Crippen LogP contribution in [0.1, 0.15) is 24.5 Å². The molecule has 2 aromatic carbocycles. The van der Waals surface area contributed by atoms with Gasteiger partial charge in [0.15, 0.2) is 5.54 Å². The maximum atomic E-state index is 12.6. The number of hydrogen-bond donors (Lipinski definition) is 0. The molecule has 0 heterocycles. The second-order valence-electron chi connectivity index (χ2n) is 6.19. The van der Waals surface area contributed by atoms with E-state index in [2.05, 4.69) is 0 Å². The minimum Gasteiger partial charge on any atom is -0.464 e. The van der Waals surface area contributed by atoms with Crippen LogP contribution in [0, 0.1) is 5.92 Å². The Labute approximate surface area is 148 Å². The van der Waals surface area contributed by atoms with E-state index in [4.69, 9.17) is 14.5 Å². The fourth-order valence-corrected chi connectivity index (χ4v) is 3.09. The zero-order chi connectivity index (χ0) is 17.7. The van der Waals surface area contributed by atoms with Crippen molar-refractivity contribution < 1.29 is 14.3 Å². The van der Waals surface area contributed by atoms with Crippen molar-refractivity contribution in [2.75, 3.05) is 20.3 Å². The molecular weight excluding hydrogens is 314 g/mol. The van der Waals surface area contributed by atoms with Crippen molar-refractivity contribution in [3.8, 4) is 0 Å². The zero-order valence-corrected chi connectivity index (χ0v) is 14.6. The van der Waals surface area contributed by atoms with Crippen molar-refractivity contribution in [3.05, 3.63) is 71.8 Å². The summed E-state index contributed by atoms with van der Waals surface area (Å²) < 4.78 is 10.6. The molecule has 25 heavy (non-hydrogen) atoms. The van der Waals surface area contributed by atoms with Crippen LogP contribution in [0.4, 0.5) is 0 Å². The van der Waals surface area contributed by atoms with Crippen molar-refractivity contribution in [2.45, 2.75) is 18.9 Å². The maximum absolute atomic E-state index is 12.6. The molecule has 0 aliphatic heterocycles. The first-order valence-corrected chi connectivity index (χ1v) is 8.58. The largest absolute Gasteiger partial charge is 0.464 e. The highest BCUT2D eigenvalue weighted by Gasteiger charge is 2.62. The predicted octanol–water partition coefficient (Wildman–Crippen LogP) is 3.49. The summed E-state index contributed by atoms with van der Waals surface area (Å²) in [6.07, 6.45) is 0.656. The van der Waals surface area contributed by atoms with Gasteiger partial charge in [-0.3, -0.25) is 4.99 Å². The Balaban J connectivity index is 2.06. The van der Waals surface area contributed by atoms with Gasteiger partial charge in [0.1, 0.15) is 0 Å². The van der Waals surface area contributed by atoms with Crippen LogP contribution >= 0.6 is 0 Å². The van der Waals surface area contributed by atoms with Gasteiger partial charge in [-0.15, -0.1) is 0 Å². The summed E-state index contributed by atoms with van der Waals surface area (Å²) in [4.78, 5) is 17.6. The smallest absolute Gasteiger partial charge is 0.334 e. The van der Waals surface area contributed by atoms with Crippen LogP contribution in [0.15, 0.2) is 65.7 Å². The molecule has 0 N–H and O–H groups in total. The first-order valence-electron chi connectivity index (χ1n) is 8.58. The Kier molecular flexibility index (Phi) is 5.29. The zero-order valence-electron chi connectivity index (χ0n) is 14.6. The SMILES string of the molecule is CCOC(=O)[C@@]1(N=C(c2ccccc2)c2ccccc2)C[C@@H]1COC. The predicted molar refractivity (Wildman–Crippen MR) is 97.9 cm³/mol. The van der Waals surface area contributed by atoms with E-state index in [9.17, 15) is 4.79 Å². The lowest BCUT2D eigenvalue weighted by molar-refractivity contribution is -0.146. The van der Waals surface area contributed by atoms with E-state index in [0.717, 1.165) is 16.8 Å². The van der Waals surface area contributed by atoms with E-state index in [1.54, 1.807) is 7.11 Å². The number of rotatable bonds is 7. The molecule has 0 spiro atoms. The summed E-state index contributed by atoms with van der Waals surface area (Å²) in [5, 5.41) is 0. The maximum Gasteiger partial charge on any atom is 0.334 e. The average molecular weight is 337 g/mol. The Morgan fingerprint density at radius 3 is 2.12 bits per heavy atom. The highest BCUT2D eigenvalue weighted by atomic mass is 16.5. The number of carbonyl (C=O) groups excluding carboxylic acids is 1. The Morgan fingerprint density at radius 2 is 1.64 bits per heavy atom. The standard InChI is InChI=1S/C21H23NO3/c1-3-25-20(23)21(14-18(21)15-24-2)22-19(16-10-6-4-7-11-16)17-12-8-5-9-13-17/h4-13,18H,3,14-15H2,1-2H3/t18-,21-/m1/s1. The average Bonchev–Trinajstić information content (AvgIpc) is 3.36. The highest BCUT2D eigenvalue weighted by molar-refractivity contribution is 6.14. The van der Waals surface area contributed by atoms with Crippen molar-refractivity contribution in [1.82, 2.24) is 0 Å². The van der Waals surface area contributed by atoms with Crippen LogP contribution in [0.5, 0.6) is 0 Å². The van der Waals surface area contributed by atoms with Gasteiger partial charge >= 0.3 is 5.97 Å². The third-order valence-electron chi connectivity index (χ3n) is 4.48. The van der Waals surface area contributed by atoms with Crippen LogP contribution < -0.4 is 0 Å². The topological polar surface area (TPSA) is 47.9 Å². The molecule has 1 fully saturated rings. The lowest BCUT2D eigenvalue weighted by Gasteiger charge is -2.15. The molecule has 130 valence electrons.